The SMILES string of the molecule is CCOc1ccccc1NC(=O)[C@H](CC)n1c(=O)c(-c2ccccc2NC(C)=O)nc2ccccc21. The van der Waals surface area contributed by atoms with Crippen molar-refractivity contribution in [3.8, 4) is 17.0 Å². The van der Waals surface area contributed by atoms with E-state index in [2.05, 4.69) is 15.6 Å². The van der Waals surface area contributed by atoms with Crippen molar-refractivity contribution < 1.29 is 14.3 Å². The number of anilines is 2. The van der Waals surface area contributed by atoms with Crippen LogP contribution < -0.4 is 20.9 Å². The number of hydrogen-bond donors (Lipinski definition) is 2. The number of hydrogen-bond acceptors (Lipinski definition) is 5. The molecule has 0 aliphatic carbocycles. The molecule has 0 saturated heterocycles. The Hall–Kier alpha value is -4.46. The number of ether oxygens (including phenoxy) is 1. The zero-order valence-electron chi connectivity index (χ0n) is 20.4. The van der Waals surface area contributed by atoms with Gasteiger partial charge >= 0.3 is 0 Å². The molecular formula is C28H28N4O4. The molecule has 4 aromatic rings. The summed E-state index contributed by atoms with van der Waals surface area (Å²) in [4.78, 5) is 43.9. The van der Waals surface area contributed by atoms with E-state index < -0.39 is 11.6 Å². The summed E-state index contributed by atoms with van der Waals surface area (Å²) in [5, 5.41) is 5.70. The molecule has 1 heterocycles. The molecule has 0 unspecified atom stereocenters. The minimum Gasteiger partial charge on any atom is -0.492 e. The molecule has 0 saturated carbocycles. The maximum atomic E-state index is 13.9. The van der Waals surface area contributed by atoms with E-state index >= 15 is 0 Å². The minimum absolute atomic E-state index is 0.152. The van der Waals surface area contributed by atoms with Gasteiger partial charge in [-0.3, -0.25) is 19.0 Å². The van der Waals surface area contributed by atoms with Crippen molar-refractivity contribution in [2.24, 2.45) is 0 Å². The fraction of sp³-hybridized carbons (Fsp3) is 0.214. The second-order valence-electron chi connectivity index (χ2n) is 8.19. The molecule has 0 fully saturated rings. The molecule has 0 radical (unpaired) electrons. The Morgan fingerprint density at radius 2 is 1.58 bits per heavy atom. The fourth-order valence-corrected chi connectivity index (χ4v) is 4.18. The second-order valence-corrected chi connectivity index (χ2v) is 8.19. The molecule has 8 nitrogen and oxygen atoms in total. The van der Waals surface area contributed by atoms with E-state index in [-0.39, 0.29) is 17.5 Å². The van der Waals surface area contributed by atoms with Gasteiger partial charge < -0.3 is 15.4 Å². The van der Waals surface area contributed by atoms with Crippen LogP contribution in [0, 0.1) is 0 Å². The average molecular weight is 485 g/mol. The zero-order chi connectivity index (χ0) is 25.7. The largest absolute Gasteiger partial charge is 0.492 e. The summed E-state index contributed by atoms with van der Waals surface area (Å²) in [5.41, 5.74) is 2.32. The molecule has 184 valence electrons. The third-order valence-corrected chi connectivity index (χ3v) is 5.73. The van der Waals surface area contributed by atoms with Crippen molar-refractivity contribution in [2.75, 3.05) is 17.2 Å². The summed E-state index contributed by atoms with van der Waals surface area (Å²) < 4.78 is 7.13. The van der Waals surface area contributed by atoms with Gasteiger partial charge in [-0.05, 0) is 43.7 Å². The lowest BCUT2D eigenvalue weighted by molar-refractivity contribution is -0.119. The number of benzene rings is 3. The molecule has 0 aliphatic rings. The van der Waals surface area contributed by atoms with Gasteiger partial charge in [0.15, 0.2) is 0 Å². The van der Waals surface area contributed by atoms with Crippen LogP contribution in [0.25, 0.3) is 22.3 Å². The predicted octanol–water partition coefficient (Wildman–Crippen LogP) is 5.01. The van der Waals surface area contributed by atoms with Crippen LogP contribution in [-0.4, -0.2) is 28.0 Å². The number of carbonyl (C=O) groups excluding carboxylic acids is 2. The number of rotatable bonds is 8. The van der Waals surface area contributed by atoms with Crippen molar-refractivity contribution in [3.05, 3.63) is 83.2 Å². The van der Waals surface area contributed by atoms with E-state index in [4.69, 9.17) is 4.74 Å². The van der Waals surface area contributed by atoms with Crippen LogP contribution in [0.2, 0.25) is 0 Å². The van der Waals surface area contributed by atoms with Gasteiger partial charge in [0.1, 0.15) is 17.5 Å². The molecule has 0 aliphatic heterocycles. The molecule has 0 bridgehead atoms. The number of para-hydroxylation sites is 5. The maximum Gasteiger partial charge on any atom is 0.278 e. The molecule has 0 spiro atoms. The van der Waals surface area contributed by atoms with Gasteiger partial charge in [-0.2, -0.15) is 0 Å². The lowest BCUT2D eigenvalue weighted by atomic mass is 10.1. The number of amides is 2. The molecule has 8 heteroatoms. The number of nitrogens with zero attached hydrogens (tertiary/aromatic N) is 2. The summed E-state index contributed by atoms with van der Waals surface area (Å²) in [5.74, 6) is -0.0494. The first-order valence-corrected chi connectivity index (χ1v) is 11.9. The average Bonchev–Trinajstić information content (AvgIpc) is 2.87. The Balaban J connectivity index is 1.86. The first-order valence-electron chi connectivity index (χ1n) is 11.9. The Morgan fingerprint density at radius 3 is 2.31 bits per heavy atom. The fourth-order valence-electron chi connectivity index (χ4n) is 4.18. The van der Waals surface area contributed by atoms with Crippen molar-refractivity contribution in [1.82, 2.24) is 9.55 Å². The van der Waals surface area contributed by atoms with Crippen LogP contribution in [0.4, 0.5) is 11.4 Å². The number of aromatic nitrogens is 2. The van der Waals surface area contributed by atoms with E-state index in [1.807, 2.05) is 32.0 Å². The normalized spacial score (nSPS) is 11.6. The van der Waals surface area contributed by atoms with E-state index in [9.17, 15) is 14.4 Å². The third-order valence-electron chi connectivity index (χ3n) is 5.73. The summed E-state index contributed by atoms with van der Waals surface area (Å²) in [6, 6.07) is 20.6. The highest BCUT2D eigenvalue weighted by molar-refractivity contribution is 5.97. The first kappa shape index (κ1) is 24.7. The number of nitrogens with one attached hydrogen (secondary N) is 2. The quantitative estimate of drug-likeness (QED) is 0.366. The van der Waals surface area contributed by atoms with Crippen molar-refractivity contribution in [3.63, 3.8) is 0 Å². The van der Waals surface area contributed by atoms with Crippen molar-refractivity contribution in [2.45, 2.75) is 33.2 Å². The Kier molecular flexibility index (Phi) is 7.44. The highest BCUT2D eigenvalue weighted by Gasteiger charge is 2.26. The lowest BCUT2D eigenvalue weighted by Crippen LogP contribution is -2.34. The Labute approximate surface area is 208 Å². The van der Waals surface area contributed by atoms with Crippen molar-refractivity contribution in [1.29, 1.82) is 0 Å². The summed E-state index contributed by atoms with van der Waals surface area (Å²) >= 11 is 0. The molecule has 3 aromatic carbocycles. The van der Waals surface area contributed by atoms with Gasteiger partial charge in [0.05, 0.1) is 29.0 Å². The molecule has 1 aromatic heterocycles. The predicted molar refractivity (Wildman–Crippen MR) is 141 cm³/mol. The summed E-state index contributed by atoms with van der Waals surface area (Å²) in [6.45, 7) is 5.58. The van der Waals surface area contributed by atoms with E-state index in [0.717, 1.165) is 0 Å². The lowest BCUT2D eigenvalue weighted by Gasteiger charge is -2.22. The van der Waals surface area contributed by atoms with E-state index in [1.54, 1.807) is 54.6 Å². The van der Waals surface area contributed by atoms with Crippen LogP contribution in [0.3, 0.4) is 0 Å². The van der Waals surface area contributed by atoms with Crippen LogP contribution >= 0.6 is 0 Å². The van der Waals surface area contributed by atoms with Crippen LogP contribution in [-0.2, 0) is 9.59 Å². The Morgan fingerprint density at radius 1 is 0.917 bits per heavy atom. The number of fused-ring (bicyclic) bond motifs is 1. The highest BCUT2D eigenvalue weighted by Crippen LogP contribution is 2.29. The molecule has 4 rings (SSSR count). The Bertz CT molecular complexity index is 1480. The van der Waals surface area contributed by atoms with Gasteiger partial charge in [-0.15, -0.1) is 0 Å². The van der Waals surface area contributed by atoms with Gasteiger partial charge in [0.25, 0.3) is 5.56 Å². The second kappa shape index (κ2) is 10.9. The molecule has 36 heavy (non-hydrogen) atoms. The van der Waals surface area contributed by atoms with Crippen molar-refractivity contribution >= 4 is 34.2 Å². The molecule has 2 amide bonds. The van der Waals surface area contributed by atoms with Gasteiger partial charge in [0, 0.05) is 12.5 Å². The zero-order valence-corrected chi connectivity index (χ0v) is 20.4. The smallest absolute Gasteiger partial charge is 0.278 e. The molecule has 2 N–H and O–H groups in total. The number of carbonyl (C=O) groups is 2. The summed E-state index contributed by atoms with van der Waals surface area (Å²) in [6.07, 6.45) is 0.364. The van der Waals surface area contributed by atoms with Gasteiger partial charge in [-0.25, -0.2) is 4.98 Å². The highest BCUT2D eigenvalue weighted by atomic mass is 16.5. The van der Waals surface area contributed by atoms with Gasteiger partial charge in [-0.1, -0.05) is 49.4 Å². The van der Waals surface area contributed by atoms with Crippen LogP contribution in [0.1, 0.15) is 33.2 Å². The van der Waals surface area contributed by atoms with Gasteiger partial charge in [0.2, 0.25) is 11.8 Å². The first-order chi connectivity index (χ1) is 17.4. The molecular weight excluding hydrogens is 456 g/mol. The standard InChI is InChI=1S/C28H28N4O4/c1-4-23(27(34)31-22-15-9-11-17-25(22)36-5-2)32-24-16-10-8-14-21(24)30-26(28(32)35)19-12-6-7-13-20(19)29-18(3)33/h6-17,23H,4-5H2,1-3H3,(H,29,33)(H,31,34)/t23-/m0/s1. The van der Waals surface area contributed by atoms with Crippen LogP contribution in [0.15, 0.2) is 77.6 Å². The third kappa shape index (κ3) is 4.98. The maximum absolute atomic E-state index is 13.9. The summed E-state index contributed by atoms with van der Waals surface area (Å²) in [7, 11) is 0. The van der Waals surface area contributed by atoms with Crippen LogP contribution in [0.5, 0.6) is 5.75 Å². The molecule has 1 atom stereocenters. The minimum atomic E-state index is -0.813. The topological polar surface area (TPSA) is 102 Å². The van der Waals surface area contributed by atoms with E-state index in [1.165, 1.54) is 11.5 Å². The van der Waals surface area contributed by atoms with E-state index in [0.29, 0.717) is 46.7 Å². The monoisotopic (exact) mass is 484 g/mol.